The molecule has 3 rings (SSSR count). The van der Waals surface area contributed by atoms with Gasteiger partial charge in [-0.1, -0.05) is 31.4 Å². The minimum atomic E-state index is -0.0605. The van der Waals surface area contributed by atoms with Crippen LogP contribution in [0.2, 0.25) is 5.02 Å². The Kier molecular flexibility index (Phi) is 4.56. The van der Waals surface area contributed by atoms with Gasteiger partial charge < -0.3 is 9.47 Å². The summed E-state index contributed by atoms with van der Waals surface area (Å²) < 4.78 is 11.5. The van der Waals surface area contributed by atoms with E-state index in [1.807, 2.05) is 12.1 Å². The number of benzene rings is 1. The highest BCUT2D eigenvalue weighted by Gasteiger charge is 2.40. The minimum Gasteiger partial charge on any atom is -0.490 e. The lowest BCUT2D eigenvalue weighted by molar-refractivity contribution is 0.270. The number of alkyl halides is 1. The first kappa shape index (κ1) is 15.3. The van der Waals surface area contributed by atoms with Crippen molar-refractivity contribution in [2.75, 3.05) is 13.2 Å². The van der Waals surface area contributed by atoms with E-state index in [1.54, 1.807) is 0 Å². The Morgan fingerprint density at radius 1 is 1.10 bits per heavy atom. The number of rotatable bonds is 3. The number of ether oxygens (including phenoxy) is 2. The van der Waals surface area contributed by atoms with Gasteiger partial charge in [0.2, 0.25) is 0 Å². The topological polar surface area (TPSA) is 18.5 Å². The van der Waals surface area contributed by atoms with Gasteiger partial charge in [-0.25, -0.2) is 0 Å². The number of fused-ring (bicyclic) bond motifs is 1. The molecule has 1 unspecified atom stereocenters. The molecule has 2 aliphatic rings. The maximum absolute atomic E-state index is 6.88. The molecule has 1 aliphatic heterocycles. The van der Waals surface area contributed by atoms with E-state index < -0.39 is 0 Å². The van der Waals surface area contributed by atoms with E-state index in [2.05, 4.69) is 6.92 Å². The van der Waals surface area contributed by atoms with Crippen molar-refractivity contribution in [3.63, 3.8) is 0 Å². The molecule has 21 heavy (non-hydrogen) atoms. The zero-order valence-corrected chi connectivity index (χ0v) is 14.0. The molecule has 0 bridgehead atoms. The third-order valence-corrected chi connectivity index (χ3v) is 6.01. The summed E-state index contributed by atoms with van der Waals surface area (Å²) in [4.78, 5) is 0. The van der Waals surface area contributed by atoms with Gasteiger partial charge in [0.25, 0.3) is 0 Å². The summed E-state index contributed by atoms with van der Waals surface area (Å²) in [5.41, 5.74) is 1.16. The van der Waals surface area contributed by atoms with Crippen molar-refractivity contribution >= 4 is 23.2 Å². The molecule has 4 heteroatoms. The molecule has 1 atom stereocenters. The molecule has 0 spiro atoms. The zero-order chi connectivity index (χ0) is 14.9. The average molecular weight is 329 g/mol. The molecule has 0 radical (unpaired) electrons. The largest absolute Gasteiger partial charge is 0.490 e. The predicted molar refractivity (Wildman–Crippen MR) is 86.8 cm³/mol. The quantitative estimate of drug-likeness (QED) is 0.657. The summed E-state index contributed by atoms with van der Waals surface area (Å²) in [6, 6.07) is 3.86. The molecule has 1 fully saturated rings. The lowest BCUT2D eigenvalue weighted by Gasteiger charge is -2.33. The van der Waals surface area contributed by atoms with Crippen molar-refractivity contribution in [3.8, 4) is 11.5 Å². The van der Waals surface area contributed by atoms with Gasteiger partial charge >= 0.3 is 0 Å². The van der Waals surface area contributed by atoms with Gasteiger partial charge in [-0.05, 0) is 36.3 Å². The molecule has 0 aromatic heterocycles. The highest BCUT2D eigenvalue weighted by Crippen LogP contribution is 2.55. The maximum Gasteiger partial charge on any atom is 0.162 e. The molecule has 0 amide bonds. The van der Waals surface area contributed by atoms with Gasteiger partial charge in [-0.15, -0.1) is 11.6 Å². The Morgan fingerprint density at radius 3 is 2.33 bits per heavy atom. The van der Waals surface area contributed by atoms with Gasteiger partial charge in [0.1, 0.15) is 0 Å². The maximum atomic E-state index is 6.88. The van der Waals surface area contributed by atoms with E-state index in [1.165, 1.54) is 25.7 Å². The number of hydrogen-bond acceptors (Lipinski definition) is 2. The molecular weight excluding hydrogens is 307 g/mol. The predicted octanol–water partition coefficient (Wildman–Crippen LogP) is 5.75. The lowest BCUT2D eigenvalue weighted by Crippen LogP contribution is -2.21. The van der Waals surface area contributed by atoms with Gasteiger partial charge in [0.15, 0.2) is 11.5 Å². The van der Waals surface area contributed by atoms with Crippen molar-refractivity contribution in [2.45, 2.75) is 50.8 Å². The van der Waals surface area contributed by atoms with Gasteiger partial charge in [-0.3, -0.25) is 0 Å². The average Bonchev–Trinajstić information content (AvgIpc) is 2.87. The van der Waals surface area contributed by atoms with Crippen molar-refractivity contribution in [3.05, 3.63) is 22.7 Å². The lowest BCUT2D eigenvalue weighted by atomic mass is 9.77. The summed E-state index contributed by atoms with van der Waals surface area (Å²) in [6.07, 6.45) is 6.88. The first-order valence-electron chi connectivity index (χ1n) is 7.89. The summed E-state index contributed by atoms with van der Waals surface area (Å²) in [6.45, 7) is 3.59. The molecule has 1 aliphatic carbocycles. The standard InChI is InChI=1S/C17H22Cl2O2/c1-2-17(6-3-4-7-17)16(19)12-10-14-15(11-13(12)18)21-9-5-8-20-14/h10-11,16H,2-9H2,1H3. The summed E-state index contributed by atoms with van der Waals surface area (Å²) in [5.74, 6) is 1.52. The first-order valence-corrected chi connectivity index (χ1v) is 8.71. The van der Waals surface area contributed by atoms with E-state index in [-0.39, 0.29) is 10.8 Å². The van der Waals surface area contributed by atoms with E-state index in [9.17, 15) is 0 Å². The van der Waals surface area contributed by atoms with Crippen LogP contribution in [0.4, 0.5) is 0 Å². The fourth-order valence-electron chi connectivity index (χ4n) is 3.59. The second kappa shape index (κ2) is 6.26. The highest BCUT2D eigenvalue weighted by atomic mass is 35.5. The van der Waals surface area contributed by atoms with E-state index in [4.69, 9.17) is 32.7 Å². The summed E-state index contributed by atoms with van der Waals surface area (Å²) in [5, 5.41) is 0.633. The Balaban J connectivity index is 1.96. The van der Waals surface area contributed by atoms with Crippen LogP contribution < -0.4 is 9.47 Å². The normalized spacial score (nSPS) is 21.9. The minimum absolute atomic E-state index is 0.0605. The monoisotopic (exact) mass is 328 g/mol. The number of hydrogen-bond donors (Lipinski definition) is 0. The van der Waals surface area contributed by atoms with Crippen LogP contribution in [0, 0.1) is 5.41 Å². The molecule has 116 valence electrons. The van der Waals surface area contributed by atoms with Crippen LogP contribution >= 0.6 is 23.2 Å². The molecule has 0 N–H and O–H groups in total. The van der Waals surface area contributed by atoms with Crippen LogP contribution in [0.5, 0.6) is 11.5 Å². The second-order valence-electron chi connectivity index (χ2n) is 6.16. The Labute approximate surface area is 136 Å². The van der Waals surface area contributed by atoms with Crippen molar-refractivity contribution in [2.24, 2.45) is 5.41 Å². The van der Waals surface area contributed by atoms with Gasteiger partial charge in [-0.2, -0.15) is 0 Å². The van der Waals surface area contributed by atoms with Crippen LogP contribution in [0.1, 0.15) is 56.4 Å². The van der Waals surface area contributed by atoms with Crippen molar-refractivity contribution in [1.29, 1.82) is 0 Å². The summed E-state index contributed by atoms with van der Waals surface area (Å²) >= 11 is 13.4. The molecular formula is C17H22Cl2O2. The van der Waals surface area contributed by atoms with E-state index >= 15 is 0 Å². The Hall–Kier alpha value is -0.600. The van der Waals surface area contributed by atoms with E-state index in [0.717, 1.165) is 29.9 Å². The summed E-state index contributed by atoms with van der Waals surface area (Å²) in [7, 11) is 0. The van der Waals surface area contributed by atoms with Crippen LogP contribution in [-0.4, -0.2) is 13.2 Å². The molecule has 1 saturated carbocycles. The van der Waals surface area contributed by atoms with Crippen LogP contribution in [0.25, 0.3) is 0 Å². The fraction of sp³-hybridized carbons (Fsp3) is 0.647. The fourth-order valence-corrected chi connectivity index (χ4v) is 4.46. The Bertz CT molecular complexity index is 510. The second-order valence-corrected chi connectivity index (χ2v) is 7.00. The molecule has 1 aromatic carbocycles. The highest BCUT2D eigenvalue weighted by molar-refractivity contribution is 6.33. The van der Waals surface area contributed by atoms with Crippen LogP contribution in [-0.2, 0) is 0 Å². The molecule has 1 heterocycles. The first-order chi connectivity index (χ1) is 10.2. The number of halogens is 2. The van der Waals surface area contributed by atoms with Crippen molar-refractivity contribution in [1.82, 2.24) is 0 Å². The SMILES string of the molecule is CCC1(C(Cl)c2cc3c(cc2Cl)OCCCO3)CCCC1. The van der Waals surface area contributed by atoms with Gasteiger partial charge in [0, 0.05) is 17.5 Å². The molecule has 1 aromatic rings. The molecule has 0 saturated heterocycles. The van der Waals surface area contributed by atoms with E-state index in [0.29, 0.717) is 18.2 Å². The smallest absolute Gasteiger partial charge is 0.162 e. The molecule has 2 nitrogen and oxygen atoms in total. The third kappa shape index (κ3) is 2.85. The van der Waals surface area contributed by atoms with Crippen molar-refractivity contribution < 1.29 is 9.47 Å². The van der Waals surface area contributed by atoms with Crippen LogP contribution in [0.15, 0.2) is 12.1 Å². The third-order valence-electron chi connectivity index (χ3n) is 4.98. The van der Waals surface area contributed by atoms with Gasteiger partial charge in [0.05, 0.1) is 18.6 Å². The van der Waals surface area contributed by atoms with Crippen LogP contribution in [0.3, 0.4) is 0 Å². The zero-order valence-electron chi connectivity index (χ0n) is 12.5. The Morgan fingerprint density at radius 2 is 1.71 bits per heavy atom.